The van der Waals surface area contributed by atoms with Crippen LogP contribution in [0.4, 0.5) is 5.69 Å². The van der Waals surface area contributed by atoms with Crippen molar-refractivity contribution in [3.63, 3.8) is 0 Å². The van der Waals surface area contributed by atoms with Crippen molar-refractivity contribution in [2.75, 3.05) is 24.2 Å². The Morgan fingerprint density at radius 2 is 1.71 bits per heavy atom. The monoisotopic (exact) mass is 341 g/mol. The van der Waals surface area contributed by atoms with Crippen LogP contribution in [0.5, 0.6) is 0 Å². The van der Waals surface area contributed by atoms with Gasteiger partial charge in [-0.1, -0.05) is 12.1 Å². The van der Waals surface area contributed by atoms with Crippen molar-refractivity contribution < 1.29 is 4.79 Å². The Balaban J connectivity index is 1.94. The van der Waals surface area contributed by atoms with Crippen LogP contribution in [0.25, 0.3) is 0 Å². The molecular weight excluding hydrogens is 318 g/mol. The second kappa shape index (κ2) is 9.13. The zero-order valence-corrected chi connectivity index (χ0v) is 15.1. The fourth-order valence-corrected chi connectivity index (χ4v) is 2.74. The van der Waals surface area contributed by atoms with E-state index in [1.807, 2.05) is 30.5 Å². The van der Waals surface area contributed by atoms with Gasteiger partial charge in [-0.2, -0.15) is 5.10 Å². The highest BCUT2D eigenvalue weighted by molar-refractivity contribution is 7.98. The lowest BCUT2D eigenvalue weighted by Crippen LogP contribution is -2.21. The van der Waals surface area contributed by atoms with E-state index in [1.54, 1.807) is 30.1 Å². The van der Waals surface area contributed by atoms with Crippen LogP contribution in [0.15, 0.2) is 58.5 Å². The minimum absolute atomic E-state index is 0.210. The molecule has 0 aliphatic heterocycles. The number of carbonyl (C=O) groups excluding carboxylic acids is 1. The van der Waals surface area contributed by atoms with Crippen molar-refractivity contribution in [3.8, 4) is 0 Å². The van der Waals surface area contributed by atoms with E-state index in [1.165, 1.54) is 5.69 Å². The molecule has 0 aliphatic rings. The summed E-state index contributed by atoms with van der Waals surface area (Å²) in [7, 11) is 0. The van der Waals surface area contributed by atoms with Crippen LogP contribution in [0.1, 0.15) is 29.8 Å². The van der Waals surface area contributed by atoms with Gasteiger partial charge in [-0.25, -0.2) is 5.43 Å². The third kappa shape index (κ3) is 4.86. The van der Waals surface area contributed by atoms with E-state index in [-0.39, 0.29) is 5.91 Å². The lowest BCUT2D eigenvalue weighted by molar-refractivity contribution is 0.0955. The average Bonchev–Trinajstić information content (AvgIpc) is 2.64. The number of hydrazone groups is 1. The highest BCUT2D eigenvalue weighted by Gasteiger charge is 2.04. The summed E-state index contributed by atoms with van der Waals surface area (Å²) < 4.78 is 0. The number of carbonyl (C=O) groups is 1. The van der Waals surface area contributed by atoms with Crippen LogP contribution in [0.3, 0.4) is 0 Å². The van der Waals surface area contributed by atoms with Gasteiger partial charge < -0.3 is 4.90 Å². The van der Waals surface area contributed by atoms with Crippen LogP contribution < -0.4 is 10.3 Å². The molecule has 126 valence electrons. The maximum atomic E-state index is 12.0. The predicted molar refractivity (Wildman–Crippen MR) is 103 cm³/mol. The van der Waals surface area contributed by atoms with Gasteiger partial charge in [0.25, 0.3) is 5.91 Å². The molecule has 0 spiro atoms. The average molecular weight is 341 g/mol. The Bertz CT molecular complexity index is 677. The normalized spacial score (nSPS) is 10.8. The van der Waals surface area contributed by atoms with Crippen LogP contribution in [-0.4, -0.2) is 31.5 Å². The van der Waals surface area contributed by atoms with Crippen molar-refractivity contribution >= 4 is 29.6 Å². The molecule has 0 atom stereocenters. The number of hydrogen-bond acceptors (Lipinski definition) is 4. The van der Waals surface area contributed by atoms with E-state index in [2.05, 4.69) is 41.4 Å². The van der Waals surface area contributed by atoms with E-state index >= 15 is 0 Å². The molecule has 0 fully saturated rings. The Morgan fingerprint density at radius 1 is 1.08 bits per heavy atom. The predicted octanol–water partition coefficient (Wildman–Crippen LogP) is 4.02. The smallest absolute Gasteiger partial charge is 0.271 e. The lowest BCUT2D eigenvalue weighted by Gasteiger charge is -2.20. The van der Waals surface area contributed by atoms with Crippen molar-refractivity contribution in [2.24, 2.45) is 5.10 Å². The number of rotatable bonds is 7. The molecule has 0 aliphatic carbocycles. The fraction of sp³-hybridized carbons (Fsp3) is 0.263. The molecule has 0 saturated carbocycles. The van der Waals surface area contributed by atoms with Crippen molar-refractivity contribution in [1.29, 1.82) is 0 Å². The lowest BCUT2D eigenvalue weighted by atomic mass is 10.2. The molecule has 2 aromatic carbocycles. The molecule has 0 aromatic heterocycles. The first kappa shape index (κ1) is 18.1. The largest absolute Gasteiger partial charge is 0.372 e. The summed E-state index contributed by atoms with van der Waals surface area (Å²) in [4.78, 5) is 15.4. The molecule has 0 saturated heterocycles. The van der Waals surface area contributed by atoms with Gasteiger partial charge in [0.2, 0.25) is 0 Å². The number of anilines is 1. The van der Waals surface area contributed by atoms with Crippen LogP contribution in [0.2, 0.25) is 0 Å². The van der Waals surface area contributed by atoms with Gasteiger partial charge in [0.15, 0.2) is 0 Å². The fourth-order valence-electron chi connectivity index (χ4n) is 2.33. The molecule has 1 N–H and O–H groups in total. The highest BCUT2D eigenvalue weighted by atomic mass is 32.2. The summed E-state index contributed by atoms with van der Waals surface area (Å²) in [5.74, 6) is -0.210. The van der Waals surface area contributed by atoms with E-state index in [9.17, 15) is 4.79 Å². The number of thioether (sulfide) groups is 1. The molecule has 0 radical (unpaired) electrons. The summed E-state index contributed by atoms with van der Waals surface area (Å²) in [5.41, 5.74) is 5.29. The molecule has 4 nitrogen and oxygen atoms in total. The van der Waals surface area contributed by atoms with Crippen LogP contribution in [0, 0.1) is 0 Å². The van der Waals surface area contributed by atoms with Crippen molar-refractivity contribution in [3.05, 3.63) is 59.7 Å². The molecule has 2 rings (SSSR count). The van der Waals surface area contributed by atoms with E-state index < -0.39 is 0 Å². The van der Waals surface area contributed by atoms with Gasteiger partial charge >= 0.3 is 0 Å². The third-order valence-electron chi connectivity index (χ3n) is 3.75. The highest BCUT2D eigenvalue weighted by Crippen LogP contribution is 2.15. The number of benzene rings is 2. The van der Waals surface area contributed by atoms with E-state index in [0.29, 0.717) is 5.56 Å². The van der Waals surface area contributed by atoms with Crippen LogP contribution in [-0.2, 0) is 0 Å². The molecule has 0 heterocycles. The number of amides is 1. The Labute approximate surface area is 148 Å². The first-order valence-corrected chi connectivity index (χ1v) is 9.22. The third-order valence-corrected chi connectivity index (χ3v) is 4.50. The molecular formula is C19H23N3OS. The van der Waals surface area contributed by atoms with Gasteiger partial charge in [0.05, 0.1) is 6.21 Å². The van der Waals surface area contributed by atoms with Gasteiger partial charge in [-0.3, -0.25) is 4.79 Å². The molecule has 2 aromatic rings. The summed E-state index contributed by atoms with van der Waals surface area (Å²) in [6.07, 6.45) is 3.66. The number of nitrogens with zero attached hydrogens (tertiary/aromatic N) is 2. The number of hydrogen-bond donors (Lipinski definition) is 1. The van der Waals surface area contributed by atoms with Crippen molar-refractivity contribution in [1.82, 2.24) is 5.43 Å². The second-order valence-electron chi connectivity index (χ2n) is 5.19. The zero-order valence-electron chi connectivity index (χ0n) is 14.3. The molecule has 5 heteroatoms. The summed E-state index contributed by atoms with van der Waals surface area (Å²) in [6.45, 7) is 6.24. The molecule has 0 bridgehead atoms. The first-order chi connectivity index (χ1) is 11.7. The quantitative estimate of drug-likeness (QED) is 0.470. The van der Waals surface area contributed by atoms with Gasteiger partial charge in [-0.15, -0.1) is 11.8 Å². The summed E-state index contributed by atoms with van der Waals surface area (Å²) >= 11 is 1.65. The molecule has 1 amide bonds. The standard InChI is InChI=1S/C19H23N3OS/c1-4-22(5-2)17-10-6-15(7-11-17)14-20-21-19(23)16-8-12-18(24-3)13-9-16/h6-14H,4-5H2,1-3H3,(H,21,23)/b20-14+. The summed E-state index contributed by atoms with van der Waals surface area (Å²) in [6, 6.07) is 15.6. The number of nitrogens with one attached hydrogen (secondary N) is 1. The Hall–Kier alpha value is -2.27. The first-order valence-electron chi connectivity index (χ1n) is 8.00. The second-order valence-corrected chi connectivity index (χ2v) is 6.07. The Kier molecular flexibility index (Phi) is 6.88. The van der Waals surface area contributed by atoms with E-state index in [0.717, 1.165) is 23.5 Å². The van der Waals surface area contributed by atoms with E-state index in [4.69, 9.17) is 0 Å². The minimum Gasteiger partial charge on any atom is -0.372 e. The van der Waals surface area contributed by atoms with Gasteiger partial charge in [-0.05, 0) is 62.1 Å². The molecule has 24 heavy (non-hydrogen) atoms. The topological polar surface area (TPSA) is 44.7 Å². The maximum absolute atomic E-state index is 12.0. The van der Waals surface area contributed by atoms with Crippen LogP contribution >= 0.6 is 11.8 Å². The van der Waals surface area contributed by atoms with Crippen molar-refractivity contribution in [2.45, 2.75) is 18.7 Å². The molecule has 0 unspecified atom stereocenters. The zero-order chi connectivity index (χ0) is 17.4. The van der Waals surface area contributed by atoms with Gasteiger partial charge in [0.1, 0.15) is 0 Å². The Morgan fingerprint density at radius 3 is 2.25 bits per heavy atom. The maximum Gasteiger partial charge on any atom is 0.271 e. The minimum atomic E-state index is -0.210. The SMILES string of the molecule is CCN(CC)c1ccc(/C=N/NC(=O)c2ccc(SC)cc2)cc1. The van der Waals surface area contributed by atoms with Gasteiger partial charge in [0, 0.05) is 29.2 Å². The summed E-state index contributed by atoms with van der Waals surface area (Å²) in [5, 5.41) is 4.03.